The maximum atomic E-state index is 12.4. The van der Waals surface area contributed by atoms with E-state index in [1.165, 1.54) is 6.92 Å². The lowest BCUT2D eigenvalue weighted by molar-refractivity contribution is -0.154. The Morgan fingerprint density at radius 3 is 1.70 bits per heavy atom. The minimum absolute atomic E-state index is 0.143. The van der Waals surface area contributed by atoms with Crippen LogP contribution in [0, 0.1) is 5.41 Å². The van der Waals surface area contributed by atoms with E-state index < -0.39 is 11.4 Å². The predicted octanol–water partition coefficient (Wildman–Crippen LogP) is 5.38. The summed E-state index contributed by atoms with van der Waals surface area (Å²) in [6.45, 7) is 15.5. The zero-order chi connectivity index (χ0) is 21.2. The van der Waals surface area contributed by atoms with Crippen molar-refractivity contribution in [1.82, 2.24) is 0 Å². The quantitative estimate of drug-likeness (QED) is 0.627. The van der Waals surface area contributed by atoms with Crippen molar-refractivity contribution in [2.24, 2.45) is 5.41 Å². The molecule has 27 heavy (non-hydrogen) atoms. The molecule has 0 fully saturated rings. The lowest BCUT2D eigenvalue weighted by Gasteiger charge is -2.31. The maximum absolute atomic E-state index is 12.4. The largest absolute Gasteiger partial charge is 0.507 e. The maximum Gasteiger partial charge on any atom is 0.317 e. The van der Waals surface area contributed by atoms with Gasteiger partial charge in [0.15, 0.2) is 0 Å². The highest BCUT2D eigenvalue weighted by Crippen LogP contribution is 2.41. The molecule has 1 atom stereocenters. The van der Waals surface area contributed by atoms with E-state index in [0.717, 1.165) is 23.1 Å². The van der Waals surface area contributed by atoms with Gasteiger partial charge in [-0.3, -0.25) is 9.59 Å². The van der Waals surface area contributed by atoms with Gasteiger partial charge in [0.2, 0.25) is 0 Å². The van der Waals surface area contributed by atoms with Crippen molar-refractivity contribution >= 4 is 11.8 Å². The molecule has 1 aromatic carbocycles. The first kappa shape index (κ1) is 23.2. The predicted molar refractivity (Wildman–Crippen MR) is 109 cm³/mol. The number of phenols is 1. The van der Waals surface area contributed by atoms with Crippen LogP contribution in [0.4, 0.5) is 0 Å². The molecule has 1 aromatic rings. The summed E-state index contributed by atoms with van der Waals surface area (Å²) in [4.78, 5) is 24.6. The van der Waals surface area contributed by atoms with E-state index in [2.05, 4.69) is 0 Å². The number of Topliss-reactive ketones (excluding diaryl/α,β-unsaturated/α-hetero) is 1. The van der Waals surface area contributed by atoms with Gasteiger partial charge < -0.3 is 10.2 Å². The van der Waals surface area contributed by atoms with Crippen molar-refractivity contribution in [3.8, 4) is 5.75 Å². The molecular formula is C23H36O4. The average Bonchev–Trinajstić information content (AvgIpc) is 2.49. The number of aromatic hydroxyl groups is 1. The number of hydrogen-bond acceptors (Lipinski definition) is 3. The summed E-state index contributed by atoms with van der Waals surface area (Å²) in [5.41, 5.74) is 0.331. The number of aliphatic carboxylic acids is 1. The number of carboxylic acid groups (broad SMARTS) is 1. The highest BCUT2D eigenvalue weighted by Gasteiger charge is 2.43. The van der Waals surface area contributed by atoms with Gasteiger partial charge in [-0.25, -0.2) is 0 Å². The van der Waals surface area contributed by atoms with Gasteiger partial charge in [0.1, 0.15) is 16.9 Å². The van der Waals surface area contributed by atoms with Crippen molar-refractivity contribution < 1.29 is 19.8 Å². The first-order chi connectivity index (χ1) is 12.2. The number of rotatable bonds is 7. The van der Waals surface area contributed by atoms with Gasteiger partial charge in [-0.15, -0.1) is 0 Å². The second kappa shape index (κ2) is 8.04. The second-order valence-corrected chi connectivity index (χ2v) is 9.76. The molecular weight excluding hydrogens is 340 g/mol. The smallest absolute Gasteiger partial charge is 0.317 e. The molecule has 0 saturated carbocycles. The van der Waals surface area contributed by atoms with E-state index >= 15 is 0 Å². The average molecular weight is 377 g/mol. The van der Waals surface area contributed by atoms with E-state index in [0.29, 0.717) is 12.8 Å². The number of unbranched alkanes of at least 4 members (excludes halogenated alkanes) is 1. The standard InChI is InChI=1S/C23H36O4/c1-9-10-11-23(15(2)24,20(26)27)14-16-12-17(21(3,4)5)19(25)18(13-16)22(6,7)8/h12-13,25H,9-11,14H2,1-8H3,(H,26,27). The lowest BCUT2D eigenvalue weighted by atomic mass is 9.72. The van der Waals surface area contributed by atoms with Gasteiger partial charge in [0, 0.05) is 0 Å². The lowest BCUT2D eigenvalue weighted by Crippen LogP contribution is -2.40. The first-order valence-electron chi connectivity index (χ1n) is 9.78. The molecule has 0 saturated heterocycles. The van der Waals surface area contributed by atoms with Crippen LogP contribution in [0.5, 0.6) is 5.75 Å². The van der Waals surface area contributed by atoms with Crippen LogP contribution in [-0.4, -0.2) is 22.0 Å². The normalized spacial score (nSPS) is 14.7. The molecule has 4 heteroatoms. The highest BCUT2D eigenvalue weighted by molar-refractivity contribution is 6.02. The fourth-order valence-corrected chi connectivity index (χ4v) is 3.49. The van der Waals surface area contributed by atoms with Crippen molar-refractivity contribution in [2.45, 2.75) is 91.9 Å². The molecule has 0 aromatic heterocycles. The molecule has 0 spiro atoms. The number of phenolic OH excluding ortho intramolecular Hbond substituents is 1. The summed E-state index contributed by atoms with van der Waals surface area (Å²) in [6.07, 6.45) is 1.98. The van der Waals surface area contributed by atoms with E-state index in [4.69, 9.17) is 0 Å². The molecule has 0 aliphatic heterocycles. The summed E-state index contributed by atoms with van der Waals surface area (Å²) in [6, 6.07) is 3.74. The minimum Gasteiger partial charge on any atom is -0.507 e. The third-order valence-electron chi connectivity index (χ3n) is 5.33. The van der Waals surface area contributed by atoms with E-state index in [9.17, 15) is 19.8 Å². The third-order valence-corrected chi connectivity index (χ3v) is 5.33. The Hall–Kier alpha value is -1.84. The van der Waals surface area contributed by atoms with Crippen LogP contribution < -0.4 is 0 Å². The molecule has 0 radical (unpaired) electrons. The minimum atomic E-state index is -1.42. The number of carboxylic acids is 1. The summed E-state index contributed by atoms with van der Waals surface area (Å²) in [7, 11) is 0. The van der Waals surface area contributed by atoms with Gasteiger partial charge in [-0.1, -0.05) is 73.4 Å². The number of ketones is 1. The van der Waals surface area contributed by atoms with Crippen LogP contribution in [0.2, 0.25) is 0 Å². The number of carbonyl (C=O) groups is 2. The molecule has 0 heterocycles. The summed E-state index contributed by atoms with van der Waals surface area (Å²) in [5.74, 6) is -1.12. The number of carbonyl (C=O) groups excluding carboxylic acids is 1. The van der Waals surface area contributed by atoms with Crippen LogP contribution in [0.3, 0.4) is 0 Å². The number of benzene rings is 1. The second-order valence-electron chi connectivity index (χ2n) is 9.76. The molecule has 2 N–H and O–H groups in total. The molecule has 1 rings (SSSR count). The van der Waals surface area contributed by atoms with E-state index in [1.54, 1.807) is 0 Å². The monoisotopic (exact) mass is 376 g/mol. The molecule has 1 unspecified atom stereocenters. The molecule has 152 valence electrons. The Balaban J connectivity index is 3.64. The van der Waals surface area contributed by atoms with Crippen molar-refractivity contribution in [1.29, 1.82) is 0 Å². The highest BCUT2D eigenvalue weighted by atomic mass is 16.4. The summed E-state index contributed by atoms with van der Waals surface area (Å²) < 4.78 is 0. The third kappa shape index (κ3) is 5.12. The Kier molecular flexibility index (Phi) is 6.90. The topological polar surface area (TPSA) is 74.6 Å². The summed E-state index contributed by atoms with van der Waals surface area (Å²) in [5, 5.41) is 20.8. The van der Waals surface area contributed by atoms with Crippen LogP contribution in [-0.2, 0) is 26.8 Å². The molecule has 0 aliphatic carbocycles. The van der Waals surface area contributed by atoms with Gasteiger partial charge >= 0.3 is 5.97 Å². The van der Waals surface area contributed by atoms with Gasteiger partial charge in [0.25, 0.3) is 0 Å². The fourth-order valence-electron chi connectivity index (χ4n) is 3.49. The Morgan fingerprint density at radius 1 is 0.963 bits per heavy atom. The Morgan fingerprint density at radius 2 is 1.41 bits per heavy atom. The Labute approximate surface area is 164 Å². The van der Waals surface area contributed by atoms with Crippen LogP contribution in [0.25, 0.3) is 0 Å². The SMILES string of the molecule is CCCCC(Cc1cc(C(C)(C)C)c(O)c(C(C)(C)C)c1)(C(C)=O)C(=O)O. The fraction of sp³-hybridized carbons (Fsp3) is 0.652. The first-order valence-corrected chi connectivity index (χ1v) is 9.78. The molecule has 0 amide bonds. The summed E-state index contributed by atoms with van der Waals surface area (Å²) >= 11 is 0. The zero-order valence-electron chi connectivity index (χ0n) is 18.2. The molecule has 0 aliphatic rings. The van der Waals surface area contributed by atoms with Crippen molar-refractivity contribution in [3.63, 3.8) is 0 Å². The van der Waals surface area contributed by atoms with Crippen molar-refractivity contribution in [2.75, 3.05) is 0 Å². The van der Waals surface area contributed by atoms with E-state index in [1.807, 2.05) is 60.6 Å². The van der Waals surface area contributed by atoms with Crippen LogP contribution in [0.15, 0.2) is 12.1 Å². The van der Waals surface area contributed by atoms with Crippen LogP contribution in [0.1, 0.15) is 91.3 Å². The van der Waals surface area contributed by atoms with Gasteiger partial charge in [-0.2, -0.15) is 0 Å². The van der Waals surface area contributed by atoms with Crippen molar-refractivity contribution in [3.05, 3.63) is 28.8 Å². The van der Waals surface area contributed by atoms with Gasteiger partial charge in [-0.05, 0) is 47.3 Å². The van der Waals surface area contributed by atoms with Gasteiger partial charge in [0.05, 0.1) is 0 Å². The number of hydrogen-bond donors (Lipinski definition) is 2. The van der Waals surface area contributed by atoms with Crippen LogP contribution >= 0.6 is 0 Å². The Bertz CT molecular complexity index is 653. The van der Waals surface area contributed by atoms with E-state index in [-0.39, 0.29) is 28.8 Å². The molecule has 0 bridgehead atoms. The zero-order valence-corrected chi connectivity index (χ0v) is 18.2. The molecule has 4 nitrogen and oxygen atoms in total.